The summed E-state index contributed by atoms with van der Waals surface area (Å²) in [6.07, 6.45) is -13.3. The summed E-state index contributed by atoms with van der Waals surface area (Å²) in [4.78, 5) is 36.6. The molecule has 4 rings (SSSR count). The molecule has 3 saturated heterocycles. The molecule has 3 aliphatic rings. The van der Waals surface area contributed by atoms with Crippen LogP contribution in [0.2, 0.25) is 0 Å². The molecule has 0 aliphatic carbocycles. The predicted octanol–water partition coefficient (Wildman–Crippen LogP) is -1.23. The van der Waals surface area contributed by atoms with Crippen molar-refractivity contribution in [2.24, 2.45) is 5.92 Å². The van der Waals surface area contributed by atoms with Crippen LogP contribution < -0.4 is 20.7 Å². The minimum absolute atomic E-state index is 0.133. The summed E-state index contributed by atoms with van der Waals surface area (Å²) in [5.41, 5.74) is 0.770. The van der Waals surface area contributed by atoms with E-state index in [4.69, 9.17) is 28.4 Å². The van der Waals surface area contributed by atoms with Gasteiger partial charge in [-0.2, -0.15) is 0 Å². The van der Waals surface area contributed by atoms with Crippen LogP contribution in [-0.2, 0) is 38.1 Å². The van der Waals surface area contributed by atoms with Crippen LogP contribution in [0.4, 0.5) is 0 Å². The molecule has 3 aliphatic heterocycles. The molecule has 8 N–H and O–H groups in total. The molecule has 13 atom stereocenters. The van der Waals surface area contributed by atoms with Gasteiger partial charge in [-0.3, -0.25) is 14.4 Å². The van der Waals surface area contributed by atoms with Gasteiger partial charge in [0.1, 0.15) is 55.1 Å². The number of amides is 1. The van der Waals surface area contributed by atoms with Crippen molar-refractivity contribution in [3.05, 3.63) is 29.8 Å². The first-order valence-corrected chi connectivity index (χ1v) is 18.0. The summed E-state index contributed by atoms with van der Waals surface area (Å²) in [5.74, 6) is -1.16. The Bertz CT molecular complexity index is 1290. The van der Waals surface area contributed by atoms with Crippen molar-refractivity contribution in [1.29, 1.82) is 0 Å². The molecule has 1 amide bonds. The minimum atomic E-state index is -1.79. The van der Waals surface area contributed by atoms with Crippen molar-refractivity contribution in [2.75, 3.05) is 32.8 Å². The zero-order valence-corrected chi connectivity index (χ0v) is 30.1. The Morgan fingerprint density at radius 1 is 0.942 bits per heavy atom. The molecule has 1 aromatic carbocycles. The van der Waals surface area contributed by atoms with E-state index in [1.165, 1.54) is 13.8 Å². The predicted molar refractivity (Wildman–Crippen MR) is 181 cm³/mol. The van der Waals surface area contributed by atoms with E-state index in [1.807, 2.05) is 6.92 Å². The largest absolute Gasteiger partial charge is 0.463 e. The summed E-state index contributed by atoms with van der Waals surface area (Å²) in [7, 11) is 0. The average molecular weight is 742 g/mol. The number of hydrogen-bond donors (Lipinski definition) is 8. The lowest BCUT2D eigenvalue weighted by Crippen LogP contribution is -2.64. The highest BCUT2D eigenvalue weighted by atomic mass is 16.8. The lowest BCUT2D eigenvalue weighted by atomic mass is 9.97. The maximum atomic E-state index is 12.8. The molecule has 3 heterocycles. The van der Waals surface area contributed by atoms with Gasteiger partial charge in [0.2, 0.25) is 12.2 Å². The highest BCUT2D eigenvalue weighted by molar-refractivity contribution is 5.76. The number of ether oxygens (including phenoxy) is 6. The number of rotatable bonds is 10. The van der Waals surface area contributed by atoms with E-state index in [0.29, 0.717) is 45.4 Å². The quantitative estimate of drug-likeness (QED) is 0.131. The van der Waals surface area contributed by atoms with Crippen LogP contribution in [0, 0.1) is 5.92 Å². The number of carbonyl (C=O) groups excluding carboxylic acids is 3. The number of hydrogen-bond acceptors (Lipinski definition) is 16. The van der Waals surface area contributed by atoms with Gasteiger partial charge in [0.15, 0.2) is 12.4 Å². The SMILES string of the molecule is CC[C@H](C)C(=O)OC[C@H]1O[C@@H](O[C@H]2[C@H](Oc3ccc(C4CC(=O)NCCCNC[C@H](OC(C)=O)CCN4)cc3)O[C@@H](C)[C@H](O)[C@H]2O)[C@H](O)[C@@H](O)[C@@H]1O. The van der Waals surface area contributed by atoms with E-state index in [0.717, 1.165) is 5.56 Å². The monoisotopic (exact) mass is 741 g/mol. The second-order valence-electron chi connectivity index (χ2n) is 13.6. The highest BCUT2D eigenvalue weighted by Gasteiger charge is 2.51. The molecule has 0 aromatic heterocycles. The fourth-order valence-corrected chi connectivity index (χ4v) is 6.08. The van der Waals surface area contributed by atoms with Gasteiger partial charge in [-0.05, 0) is 57.0 Å². The van der Waals surface area contributed by atoms with Crippen LogP contribution in [0.1, 0.15) is 65.0 Å². The number of esters is 2. The van der Waals surface area contributed by atoms with E-state index >= 15 is 0 Å². The maximum absolute atomic E-state index is 12.8. The molecule has 0 spiro atoms. The molecule has 52 heavy (non-hydrogen) atoms. The fourth-order valence-electron chi connectivity index (χ4n) is 6.08. The van der Waals surface area contributed by atoms with Gasteiger partial charge in [0.25, 0.3) is 0 Å². The maximum Gasteiger partial charge on any atom is 0.308 e. The van der Waals surface area contributed by atoms with Crippen molar-refractivity contribution in [1.82, 2.24) is 16.0 Å². The molecule has 0 saturated carbocycles. The Kier molecular flexibility index (Phi) is 16.0. The van der Waals surface area contributed by atoms with Gasteiger partial charge in [-0.25, -0.2) is 0 Å². The van der Waals surface area contributed by atoms with Crippen LogP contribution in [0.25, 0.3) is 0 Å². The Hall–Kier alpha value is -2.97. The molecular weight excluding hydrogens is 686 g/mol. The Morgan fingerprint density at radius 2 is 1.67 bits per heavy atom. The molecule has 1 aromatic rings. The van der Waals surface area contributed by atoms with Gasteiger partial charge in [-0.15, -0.1) is 0 Å². The number of benzene rings is 1. The van der Waals surface area contributed by atoms with E-state index in [1.54, 1.807) is 31.2 Å². The minimum Gasteiger partial charge on any atom is -0.463 e. The molecule has 17 nitrogen and oxygen atoms in total. The first-order valence-electron chi connectivity index (χ1n) is 18.0. The van der Waals surface area contributed by atoms with Crippen LogP contribution in [0.5, 0.6) is 5.75 Å². The van der Waals surface area contributed by atoms with E-state index in [2.05, 4.69) is 16.0 Å². The molecular formula is C35H55N3O14. The normalized spacial score (nSPS) is 35.8. The first-order chi connectivity index (χ1) is 24.8. The zero-order valence-electron chi connectivity index (χ0n) is 30.1. The van der Waals surface area contributed by atoms with Gasteiger partial charge in [-0.1, -0.05) is 26.0 Å². The van der Waals surface area contributed by atoms with Crippen LogP contribution in [-0.4, -0.2) is 144 Å². The lowest BCUT2D eigenvalue weighted by Gasteiger charge is -2.45. The van der Waals surface area contributed by atoms with Gasteiger partial charge < -0.3 is 69.9 Å². The molecule has 0 radical (unpaired) electrons. The first kappa shape index (κ1) is 41.8. The van der Waals surface area contributed by atoms with E-state index in [-0.39, 0.29) is 36.2 Å². The summed E-state index contributed by atoms with van der Waals surface area (Å²) in [5, 5.41) is 63.0. The van der Waals surface area contributed by atoms with Gasteiger partial charge in [0.05, 0.1) is 12.0 Å². The lowest BCUT2D eigenvalue weighted by molar-refractivity contribution is -0.355. The smallest absolute Gasteiger partial charge is 0.308 e. The topological polar surface area (TPSA) is 244 Å². The second-order valence-corrected chi connectivity index (χ2v) is 13.6. The Morgan fingerprint density at radius 3 is 2.37 bits per heavy atom. The average Bonchev–Trinajstić information content (AvgIpc) is 3.13. The van der Waals surface area contributed by atoms with Crippen molar-refractivity contribution in [3.8, 4) is 5.75 Å². The van der Waals surface area contributed by atoms with E-state index in [9.17, 15) is 39.9 Å². The fraction of sp³-hybridized carbons (Fsp3) is 0.743. The summed E-state index contributed by atoms with van der Waals surface area (Å²) in [6, 6.07) is 6.40. The van der Waals surface area contributed by atoms with Crippen LogP contribution >= 0.6 is 0 Å². The molecule has 0 bridgehead atoms. The third-order valence-corrected chi connectivity index (χ3v) is 9.49. The molecule has 17 heteroatoms. The van der Waals surface area contributed by atoms with Gasteiger partial charge in [0, 0.05) is 32.5 Å². The van der Waals surface area contributed by atoms with E-state index < -0.39 is 79.9 Å². The van der Waals surface area contributed by atoms with Crippen LogP contribution in [0.15, 0.2) is 24.3 Å². The third-order valence-electron chi connectivity index (χ3n) is 9.49. The Balaban J connectivity index is 1.46. The van der Waals surface area contributed by atoms with Crippen molar-refractivity contribution in [2.45, 2.75) is 127 Å². The molecule has 3 fully saturated rings. The van der Waals surface area contributed by atoms with Crippen molar-refractivity contribution in [3.63, 3.8) is 0 Å². The highest BCUT2D eigenvalue weighted by Crippen LogP contribution is 2.31. The number of aliphatic hydroxyl groups excluding tert-OH is 5. The second kappa shape index (κ2) is 19.9. The summed E-state index contributed by atoms with van der Waals surface area (Å²) < 4.78 is 34.2. The van der Waals surface area contributed by atoms with Gasteiger partial charge >= 0.3 is 11.9 Å². The summed E-state index contributed by atoms with van der Waals surface area (Å²) in [6.45, 7) is 8.05. The molecule has 294 valence electrons. The van der Waals surface area contributed by atoms with Crippen LogP contribution in [0.3, 0.4) is 0 Å². The Labute approximate surface area is 303 Å². The zero-order chi connectivity index (χ0) is 37.9. The number of nitrogens with one attached hydrogen (secondary N) is 3. The number of carbonyl (C=O) groups is 3. The summed E-state index contributed by atoms with van der Waals surface area (Å²) >= 11 is 0. The van der Waals surface area contributed by atoms with Crippen molar-refractivity contribution >= 4 is 17.8 Å². The van der Waals surface area contributed by atoms with Crippen molar-refractivity contribution < 1.29 is 68.3 Å². The molecule has 1 unspecified atom stereocenters. The third kappa shape index (κ3) is 11.5. The standard InChI is InChI=1S/C35H55N3O14/c1-5-18(2)33(46)47-17-25-28(42)29(43)31(45)34(51-25)52-32-30(44)27(41)19(3)48-35(32)50-22-9-7-21(8-10-22)24-15-26(40)38-13-6-12-36-16-23(11-14-37-24)49-20(4)39/h7-10,18-19,23-25,27-32,34-37,41-45H,5-6,11-17H2,1-4H3,(H,38,40)/t18-,19-,23+,24?,25+,27-,28+,29-,30+,31+,32+,34-,35-/m0/s1. The number of aliphatic hydroxyl groups is 5.